The van der Waals surface area contributed by atoms with Crippen LogP contribution < -0.4 is 10.6 Å². The van der Waals surface area contributed by atoms with Gasteiger partial charge in [0.1, 0.15) is 5.84 Å². The highest BCUT2D eigenvalue weighted by molar-refractivity contribution is 5.93. The van der Waals surface area contributed by atoms with Gasteiger partial charge in [-0.3, -0.25) is 4.99 Å². The summed E-state index contributed by atoms with van der Waals surface area (Å²) in [6.45, 7) is 5.02. The Labute approximate surface area is 105 Å². The molecule has 6 heteroatoms. The van der Waals surface area contributed by atoms with Crippen LogP contribution in [0.4, 0.5) is 13.2 Å². The van der Waals surface area contributed by atoms with Crippen molar-refractivity contribution in [2.45, 2.75) is 31.5 Å². The largest absolute Gasteiger partial charge is 0.392 e. The lowest BCUT2D eigenvalue weighted by Gasteiger charge is -2.07. The normalized spacial score (nSPS) is 21.5. The van der Waals surface area contributed by atoms with Crippen molar-refractivity contribution in [3.05, 3.63) is 24.9 Å². The minimum absolute atomic E-state index is 0.322. The number of nitrogens with one attached hydrogen (secondary N) is 2. The smallest absolute Gasteiger partial charge is 0.348 e. The average molecular weight is 261 g/mol. The molecule has 102 valence electrons. The Bertz CT molecular complexity index is 315. The quantitative estimate of drug-likeness (QED) is 0.589. The van der Waals surface area contributed by atoms with Crippen LogP contribution in [0.1, 0.15) is 19.3 Å². The minimum Gasteiger partial charge on any atom is -0.348 e. The molecule has 0 aromatic carbocycles. The van der Waals surface area contributed by atoms with Crippen LogP contribution in [-0.4, -0.2) is 31.1 Å². The number of aliphatic imine (C=N–C) groups is 1. The van der Waals surface area contributed by atoms with Gasteiger partial charge in [0.15, 0.2) is 0 Å². The van der Waals surface area contributed by atoms with E-state index in [9.17, 15) is 13.2 Å². The maximum Gasteiger partial charge on any atom is 0.392 e. The fourth-order valence-corrected chi connectivity index (χ4v) is 1.68. The molecule has 3 nitrogen and oxygen atoms in total. The summed E-state index contributed by atoms with van der Waals surface area (Å²) < 4.78 is 35.9. The third kappa shape index (κ3) is 6.44. The zero-order chi connectivity index (χ0) is 13.4. The molecule has 0 spiro atoms. The van der Waals surface area contributed by atoms with Gasteiger partial charge in [-0.2, -0.15) is 13.2 Å². The molecule has 1 saturated heterocycles. The zero-order valence-corrected chi connectivity index (χ0v) is 10.1. The first-order valence-electron chi connectivity index (χ1n) is 5.90. The lowest BCUT2D eigenvalue weighted by molar-refractivity contribution is -0.124. The van der Waals surface area contributed by atoms with E-state index >= 15 is 0 Å². The number of nitrogens with zero attached hydrogens (tertiary/aromatic N) is 1. The van der Waals surface area contributed by atoms with Gasteiger partial charge in [0.25, 0.3) is 0 Å². The molecular weight excluding hydrogens is 243 g/mol. The lowest BCUT2D eigenvalue weighted by atomic mass is 10.2. The van der Waals surface area contributed by atoms with Crippen LogP contribution in [0.15, 0.2) is 29.9 Å². The Kier molecular flexibility index (Phi) is 5.91. The van der Waals surface area contributed by atoms with Gasteiger partial charge in [-0.25, -0.2) is 0 Å². The van der Waals surface area contributed by atoms with Gasteiger partial charge in [0.2, 0.25) is 0 Å². The second-order valence-corrected chi connectivity index (χ2v) is 4.09. The van der Waals surface area contributed by atoms with E-state index in [1.54, 1.807) is 0 Å². The molecule has 1 heterocycles. The van der Waals surface area contributed by atoms with Crippen molar-refractivity contribution in [3.63, 3.8) is 0 Å². The van der Waals surface area contributed by atoms with Gasteiger partial charge < -0.3 is 10.6 Å². The molecule has 1 rings (SSSR count). The predicted octanol–water partition coefficient (Wildman–Crippen LogP) is 2.38. The lowest BCUT2D eigenvalue weighted by Crippen LogP contribution is -2.26. The first kappa shape index (κ1) is 14.8. The van der Waals surface area contributed by atoms with E-state index in [0.29, 0.717) is 18.4 Å². The number of halogens is 3. The van der Waals surface area contributed by atoms with E-state index in [-0.39, 0.29) is 0 Å². The van der Waals surface area contributed by atoms with Crippen LogP contribution in [-0.2, 0) is 0 Å². The summed E-state index contributed by atoms with van der Waals surface area (Å²) in [4.78, 5) is 4.23. The van der Waals surface area contributed by atoms with E-state index in [1.165, 1.54) is 12.3 Å². The third-order valence-corrected chi connectivity index (χ3v) is 2.52. The average Bonchev–Trinajstić information content (AvgIpc) is 2.77. The summed E-state index contributed by atoms with van der Waals surface area (Å²) in [6, 6.07) is 0.322. The Balaban J connectivity index is 2.46. The van der Waals surface area contributed by atoms with Gasteiger partial charge in [-0.1, -0.05) is 12.7 Å². The Morgan fingerprint density at radius 1 is 1.50 bits per heavy atom. The van der Waals surface area contributed by atoms with Gasteiger partial charge >= 0.3 is 6.18 Å². The van der Waals surface area contributed by atoms with Gasteiger partial charge in [-0.15, -0.1) is 0 Å². The predicted molar refractivity (Wildman–Crippen MR) is 66.5 cm³/mol. The maximum absolute atomic E-state index is 12.0. The highest BCUT2D eigenvalue weighted by Gasteiger charge is 2.24. The second kappa shape index (κ2) is 7.20. The molecule has 0 aromatic rings. The standard InChI is InChI=1S/C12H18F3N3/c1-2-16-11(6-3-7-12(13,14)15)18-9-10-5-4-8-17-10/h2-3,6,10,17H,1,4-5,7-9H2,(H,16,18)/b6-3-/t10-/m0/s1. The Morgan fingerprint density at radius 3 is 2.83 bits per heavy atom. The summed E-state index contributed by atoms with van der Waals surface area (Å²) in [5, 5.41) is 5.99. The summed E-state index contributed by atoms with van der Waals surface area (Å²) in [5.74, 6) is 0.406. The number of rotatable bonds is 5. The SMILES string of the molecule is C=CNC(/C=C\CC(F)(F)F)=NC[C@@H]1CCCN1. The van der Waals surface area contributed by atoms with E-state index < -0.39 is 12.6 Å². The molecule has 0 bridgehead atoms. The number of alkyl halides is 3. The van der Waals surface area contributed by atoms with Crippen molar-refractivity contribution < 1.29 is 13.2 Å². The zero-order valence-electron chi connectivity index (χ0n) is 10.1. The summed E-state index contributed by atoms with van der Waals surface area (Å²) in [7, 11) is 0. The van der Waals surface area contributed by atoms with Gasteiger partial charge in [-0.05, 0) is 31.7 Å². The van der Waals surface area contributed by atoms with Gasteiger partial charge in [0, 0.05) is 6.04 Å². The molecule has 0 unspecified atom stereocenters. The highest BCUT2D eigenvalue weighted by Crippen LogP contribution is 2.19. The first-order chi connectivity index (χ1) is 8.51. The molecule has 1 atom stereocenters. The highest BCUT2D eigenvalue weighted by atomic mass is 19.4. The Morgan fingerprint density at radius 2 is 2.28 bits per heavy atom. The van der Waals surface area contributed by atoms with Crippen molar-refractivity contribution in [2.24, 2.45) is 4.99 Å². The van der Waals surface area contributed by atoms with Crippen LogP contribution in [0.3, 0.4) is 0 Å². The van der Waals surface area contributed by atoms with E-state index in [0.717, 1.165) is 25.5 Å². The topological polar surface area (TPSA) is 36.4 Å². The maximum atomic E-state index is 12.0. The molecule has 0 aromatic heterocycles. The fraction of sp³-hybridized carbons (Fsp3) is 0.583. The summed E-state index contributed by atoms with van der Waals surface area (Å²) in [5.41, 5.74) is 0. The van der Waals surface area contributed by atoms with Crippen LogP contribution >= 0.6 is 0 Å². The first-order valence-corrected chi connectivity index (χ1v) is 5.90. The van der Waals surface area contributed by atoms with Crippen molar-refractivity contribution >= 4 is 5.84 Å². The van der Waals surface area contributed by atoms with Crippen molar-refractivity contribution in [1.82, 2.24) is 10.6 Å². The molecule has 18 heavy (non-hydrogen) atoms. The minimum atomic E-state index is -4.18. The summed E-state index contributed by atoms with van der Waals surface area (Å²) in [6.07, 6.45) is 0.834. The molecule has 1 aliphatic rings. The third-order valence-electron chi connectivity index (χ3n) is 2.52. The van der Waals surface area contributed by atoms with Crippen LogP contribution in [0.25, 0.3) is 0 Å². The second-order valence-electron chi connectivity index (χ2n) is 4.09. The molecule has 1 aliphatic heterocycles. The molecular formula is C12H18F3N3. The van der Waals surface area contributed by atoms with Crippen LogP contribution in [0.2, 0.25) is 0 Å². The molecule has 2 N–H and O–H groups in total. The molecule has 0 saturated carbocycles. The van der Waals surface area contributed by atoms with E-state index in [1.807, 2.05) is 0 Å². The van der Waals surface area contributed by atoms with Crippen LogP contribution in [0, 0.1) is 0 Å². The molecule has 1 fully saturated rings. The van der Waals surface area contributed by atoms with Crippen molar-refractivity contribution in [3.8, 4) is 0 Å². The fourth-order valence-electron chi connectivity index (χ4n) is 1.68. The van der Waals surface area contributed by atoms with E-state index in [2.05, 4.69) is 22.2 Å². The van der Waals surface area contributed by atoms with Crippen LogP contribution in [0.5, 0.6) is 0 Å². The monoisotopic (exact) mass is 261 g/mol. The molecule has 0 amide bonds. The van der Waals surface area contributed by atoms with E-state index in [4.69, 9.17) is 0 Å². The molecule has 0 aliphatic carbocycles. The summed E-state index contributed by atoms with van der Waals surface area (Å²) >= 11 is 0. The van der Waals surface area contributed by atoms with Gasteiger partial charge in [0.05, 0.1) is 13.0 Å². The number of amidine groups is 1. The number of allylic oxidation sites excluding steroid dienone is 1. The number of hydrogen-bond donors (Lipinski definition) is 2. The number of hydrogen-bond acceptors (Lipinski definition) is 2. The van der Waals surface area contributed by atoms with Crippen molar-refractivity contribution in [2.75, 3.05) is 13.1 Å². The molecule has 0 radical (unpaired) electrons. The van der Waals surface area contributed by atoms with Crippen molar-refractivity contribution in [1.29, 1.82) is 0 Å². The Hall–Kier alpha value is -1.30.